The maximum Gasteiger partial charge on any atom is 0.339 e. The molecule has 0 aromatic heterocycles. The Hall–Kier alpha value is -3.93. The molecule has 3 aromatic rings. The molecule has 0 aliphatic heterocycles. The van der Waals surface area contributed by atoms with Gasteiger partial charge in [-0.1, -0.05) is 60.7 Å². The molecule has 0 saturated heterocycles. The van der Waals surface area contributed by atoms with E-state index in [1.54, 1.807) is 72.8 Å². The number of hydrogen-bond acceptors (Lipinski definition) is 5. The van der Waals surface area contributed by atoms with Crippen molar-refractivity contribution in [3.8, 4) is 5.75 Å². The molecule has 152 valence electrons. The standard InChI is InChI=1S/C24H21NO5/c1-16(23(27)25-20-14-8-9-15-21(20)29-2)30-24(28)19-13-7-6-12-18(19)22(26)17-10-4-3-5-11-17/h3-16H,1-2H3,(H,25,27)/t16-/m0/s1. The number of benzene rings is 3. The van der Waals surface area contributed by atoms with Crippen molar-refractivity contribution in [2.45, 2.75) is 13.0 Å². The molecule has 0 spiro atoms. The topological polar surface area (TPSA) is 81.7 Å². The number of nitrogens with one attached hydrogen (secondary N) is 1. The van der Waals surface area contributed by atoms with E-state index in [4.69, 9.17) is 9.47 Å². The van der Waals surface area contributed by atoms with Gasteiger partial charge in [-0.2, -0.15) is 0 Å². The first kappa shape index (κ1) is 20.8. The van der Waals surface area contributed by atoms with Crippen LogP contribution in [0.5, 0.6) is 5.75 Å². The first-order valence-electron chi connectivity index (χ1n) is 9.35. The zero-order valence-corrected chi connectivity index (χ0v) is 16.6. The highest BCUT2D eigenvalue weighted by Gasteiger charge is 2.24. The van der Waals surface area contributed by atoms with Gasteiger partial charge >= 0.3 is 5.97 Å². The van der Waals surface area contributed by atoms with Crippen LogP contribution in [0.3, 0.4) is 0 Å². The smallest absolute Gasteiger partial charge is 0.339 e. The van der Waals surface area contributed by atoms with E-state index in [2.05, 4.69) is 5.32 Å². The van der Waals surface area contributed by atoms with Crippen LogP contribution in [-0.4, -0.2) is 30.9 Å². The zero-order chi connectivity index (χ0) is 21.5. The first-order chi connectivity index (χ1) is 14.5. The minimum atomic E-state index is -1.08. The second kappa shape index (κ2) is 9.52. The van der Waals surface area contributed by atoms with Crippen LogP contribution in [0.1, 0.15) is 33.2 Å². The number of ether oxygens (including phenoxy) is 2. The number of ketones is 1. The van der Waals surface area contributed by atoms with Crippen molar-refractivity contribution >= 4 is 23.3 Å². The molecule has 6 nitrogen and oxygen atoms in total. The number of carbonyl (C=O) groups is 3. The van der Waals surface area contributed by atoms with Gasteiger partial charge in [0.2, 0.25) is 0 Å². The van der Waals surface area contributed by atoms with Gasteiger partial charge in [0.05, 0.1) is 18.4 Å². The van der Waals surface area contributed by atoms with Gasteiger partial charge < -0.3 is 14.8 Å². The second-order valence-corrected chi connectivity index (χ2v) is 6.48. The number of esters is 1. The minimum absolute atomic E-state index is 0.100. The first-order valence-corrected chi connectivity index (χ1v) is 9.35. The molecular formula is C24H21NO5. The van der Waals surface area contributed by atoms with Gasteiger partial charge in [0, 0.05) is 11.1 Å². The van der Waals surface area contributed by atoms with Crippen molar-refractivity contribution in [2.75, 3.05) is 12.4 Å². The van der Waals surface area contributed by atoms with Crippen molar-refractivity contribution < 1.29 is 23.9 Å². The molecule has 0 heterocycles. The third kappa shape index (κ3) is 4.72. The molecule has 3 aromatic carbocycles. The average Bonchev–Trinajstić information content (AvgIpc) is 2.79. The Morgan fingerprint density at radius 3 is 2.10 bits per heavy atom. The molecule has 0 saturated carbocycles. The molecule has 30 heavy (non-hydrogen) atoms. The average molecular weight is 403 g/mol. The van der Waals surface area contributed by atoms with Crippen LogP contribution in [0.4, 0.5) is 5.69 Å². The van der Waals surface area contributed by atoms with Crippen molar-refractivity contribution in [1.29, 1.82) is 0 Å². The predicted octanol–water partition coefficient (Wildman–Crippen LogP) is 4.11. The fraction of sp³-hybridized carbons (Fsp3) is 0.125. The van der Waals surface area contributed by atoms with Crippen LogP contribution >= 0.6 is 0 Å². The lowest BCUT2D eigenvalue weighted by Crippen LogP contribution is -2.30. The molecule has 0 aliphatic carbocycles. The molecule has 0 fully saturated rings. The van der Waals surface area contributed by atoms with Crippen LogP contribution in [0.15, 0.2) is 78.9 Å². The number of amides is 1. The summed E-state index contributed by atoms with van der Waals surface area (Å²) in [6, 6.07) is 21.9. The van der Waals surface area contributed by atoms with E-state index in [0.29, 0.717) is 17.0 Å². The van der Waals surface area contributed by atoms with Crippen molar-refractivity contribution in [2.24, 2.45) is 0 Å². The molecule has 1 N–H and O–H groups in total. The number of rotatable bonds is 7. The molecule has 1 amide bonds. The number of hydrogen-bond donors (Lipinski definition) is 1. The normalized spacial score (nSPS) is 11.3. The molecular weight excluding hydrogens is 382 g/mol. The van der Waals surface area contributed by atoms with E-state index in [1.807, 2.05) is 0 Å². The Morgan fingerprint density at radius 1 is 0.800 bits per heavy atom. The highest BCUT2D eigenvalue weighted by Crippen LogP contribution is 2.23. The van der Waals surface area contributed by atoms with Gasteiger partial charge in [-0.25, -0.2) is 4.79 Å². The van der Waals surface area contributed by atoms with Gasteiger partial charge in [-0.3, -0.25) is 9.59 Å². The summed E-state index contributed by atoms with van der Waals surface area (Å²) >= 11 is 0. The summed E-state index contributed by atoms with van der Waals surface area (Å²) in [5.74, 6) is -1.07. The van der Waals surface area contributed by atoms with E-state index in [1.165, 1.54) is 20.1 Å². The molecule has 0 bridgehead atoms. The van der Waals surface area contributed by atoms with E-state index in [-0.39, 0.29) is 16.9 Å². The number of para-hydroxylation sites is 2. The predicted molar refractivity (Wildman–Crippen MR) is 113 cm³/mol. The fourth-order valence-corrected chi connectivity index (χ4v) is 2.86. The largest absolute Gasteiger partial charge is 0.495 e. The quantitative estimate of drug-likeness (QED) is 0.474. The SMILES string of the molecule is COc1ccccc1NC(=O)[C@H](C)OC(=O)c1ccccc1C(=O)c1ccccc1. The Kier molecular flexibility index (Phi) is 6.60. The second-order valence-electron chi connectivity index (χ2n) is 6.48. The highest BCUT2D eigenvalue weighted by atomic mass is 16.5. The number of carbonyl (C=O) groups excluding carboxylic acids is 3. The Morgan fingerprint density at radius 2 is 1.40 bits per heavy atom. The summed E-state index contributed by atoms with van der Waals surface area (Å²) in [6.07, 6.45) is -1.08. The van der Waals surface area contributed by atoms with Crippen LogP contribution in [0, 0.1) is 0 Å². The highest BCUT2D eigenvalue weighted by molar-refractivity contribution is 6.14. The zero-order valence-electron chi connectivity index (χ0n) is 16.6. The Labute approximate surface area is 174 Å². The third-order valence-electron chi connectivity index (χ3n) is 4.45. The molecule has 0 aliphatic rings. The summed E-state index contributed by atoms with van der Waals surface area (Å²) in [7, 11) is 1.50. The maximum atomic E-state index is 12.8. The van der Waals surface area contributed by atoms with Crippen LogP contribution in [-0.2, 0) is 9.53 Å². The van der Waals surface area contributed by atoms with Crippen LogP contribution in [0.2, 0.25) is 0 Å². The summed E-state index contributed by atoms with van der Waals surface area (Å²) < 4.78 is 10.5. The van der Waals surface area contributed by atoms with E-state index in [0.717, 1.165) is 0 Å². The molecule has 1 atom stereocenters. The molecule has 0 radical (unpaired) electrons. The van der Waals surface area contributed by atoms with E-state index in [9.17, 15) is 14.4 Å². The Bertz CT molecular complexity index is 1060. The molecule has 6 heteroatoms. The van der Waals surface area contributed by atoms with Gasteiger partial charge in [-0.05, 0) is 25.1 Å². The minimum Gasteiger partial charge on any atom is -0.495 e. The van der Waals surface area contributed by atoms with Gasteiger partial charge in [-0.15, -0.1) is 0 Å². The number of anilines is 1. The van der Waals surface area contributed by atoms with Gasteiger partial charge in [0.1, 0.15) is 5.75 Å². The van der Waals surface area contributed by atoms with E-state index >= 15 is 0 Å². The van der Waals surface area contributed by atoms with Crippen molar-refractivity contribution in [1.82, 2.24) is 0 Å². The summed E-state index contributed by atoms with van der Waals surface area (Å²) in [5.41, 5.74) is 1.24. The fourth-order valence-electron chi connectivity index (χ4n) is 2.86. The summed E-state index contributed by atoms with van der Waals surface area (Å²) in [4.78, 5) is 38.0. The maximum absolute atomic E-state index is 12.8. The van der Waals surface area contributed by atoms with Crippen LogP contribution in [0.25, 0.3) is 0 Å². The monoisotopic (exact) mass is 403 g/mol. The molecule has 0 unspecified atom stereocenters. The number of methoxy groups -OCH3 is 1. The van der Waals surface area contributed by atoms with Gasteiger partial charge in [0.15, 0.2) is 11.9 Å². The van der Waals surface area contributed by atoms with Crippen LogP contribution < -0.4 is 10.1 Å². The van der Waals surface area contributed by atoms with Gasteiger partial charge in [0.25, 0.3) is 5.91 Å². The lowest BCUT2D eigenvalue weighted by atomic mass is 9.98. The summed E-state index contributed by atoms with van der Waals surface area (Å²) in [6.45, 7) is 1.46. The van der Waals surface area contributed by atoms with Crippen molar-refractivity contribution in [3.05, 3.63) is 95.6 Å². The van der Waals surface area contributed by atoms with Crippen molar-refractivity contribution in [3.63, 3.8) is 0 Å². The summed E-state index contributed by atoms with van der Waals surface area (Å²) in [5, 5.41) is 2.67. The van der Waals surface area contributed by atoms with E-state index < -0.39 is 18.0 Å². The lowest BCUT2D eigenvalue weighted by molar-refractivity contribution is -0.123. The Balaban J connectivity index is 1.74. The third-order valence-corrected chi connectivity index (χ3v) is 4.45. The lowest BCUT2D eigenvalue weighted by Gasteiger charge is -2.16. The molecule has 3 rings (SSSR count).